The third-order valence-electron chi connectivity index (χ3n) is 3.46. The molecule has 0 bridgehead atoms. The van der Waals surface area contributed by atoms with Crippen LogP contribution in [0.25, 0.3) is 0 Å². The van der Waals surface area contributed by atoms with Crippen LogP contribution in [0.2, 0.25) is 0 Å². The molecule has 1 N–H and O–H groups in total. The largest absolute Gasteiger partial charge is 0.444 e. The van der Waals surface area contributed by atoms with Gasteiger partial charge >= 0.3 is 6.09 Å². The maximum Gasteiger partial charge on any atom is 0.410 e. The van der Waals surface area contributed by atoms with E-state index in [0.717, 1.165) is 30.1 Å². The van der Waals surface area contributed by atoms with Gasteiger partial charge in [-0.05, 0) is 56.9 Å². The number of amides is 1. The molecule has 0 fully saturated rings. The number of anilines is 1. The van der Waals surface area contributed by atoms with Gasteiger partial charge < -0.3 is 9.64 Å². The van der Waals surface area contributed by atoms with Crippen LogP contribution < -0.4 is 4.72 Å². The topological polar surface area (TPSA) is 110 Å². The summed E-state index contributed by atoms with van der Waals surface area (Å²) in [6, 6.07) is 5.51. The lowest BCUT2D eigenvalue weighted by molar-refractivity contribution is 0.0258. The van der Waals surface area contributed by atoms with Crippen molar-refractivity contribution in [3.05, 3.63) is 29.3 Å². The highest BCUT2D eigenvalue weighted by atomic mass is 35.7. The van der Waals surface area contributed by atoms with E-state index in [4.69, 9.17) is 4.74 Å². The third-order valence-corrected chi connectivity index (χ3v) is 4.07. The van der Waals surface area contributed by atoms with Crippen molar-refractivity contribution in [3.63, 3.8) is 0 Å². The van der Waals surface area contributed by atoms with Crippen LogP contribution in [-0.4, -0.2) is 59.0 Å². The van der Waals surface area contributed by atoms with E-state index < -0.39 is 24.7 Å². The second-order valence-electron chi connectivity index (χ2n) is 7.51. The van der Waals surface area contributed by atoms with Crippen molar-refractivity contribution in [3.8, 4) is 0 Å². The van der Waals surface area contributed by atoms with Crippen LogP contribution in [0.1, 0.15) is 31.9 Å². The van der Waals surface area contributed by atoms with Crippen LogP contribution in [0.3, 0.4) is 0 Å². The SMILES string of the molecule is CC(C)(C)OC(=O)N1CCc2ccc(NS(C)(=O)=O)cc2CC1.CS(=O)(=O)Cl. The molecular weight excluding hydrogens is 428 g/mol. The molecule has 1 aromatic carbocycles. The number of halogens is 1. The number of carbonyl (C=O) groups excluding carboxylic acids is 1. The number of ether oxygens (including phenoxy) is 1. The highest BCUT2D eigenvalue weighted by molar-refractivity contribution is 8.13. The van der Waals surface area contributed by atoms with Crippen LogP contribution in [0.15, 0.2) is 18.2 Å². The molecule has 0 radical (unpaired) electrons. The van der Waals surface area contributed by atoms with Gasteiger partial charge in [-0.2, -0.15) is 0 Å². The van der Waals surface area contributed by atoms with Crippen LogP contribution in [-0.2, 0) is 36.7 Å². The second-order valence-corrected chi connectivity index (χ2v) is 12.3. The summed E-state index contributed by atoms with van der Waals surface area (Å²) in [5.41, 5.74) is 2.24. The minimum Gasteiger partial charge on any atom is -0.444 e. The summed E-state index contributed by atoms with van der Waals surface area (Å²) >= 11 is 0. The summed E-state index contributed by atoms with van der Waals surface area (Å²) in [6.07, 6.45) is 3.15. The molecule has 1 aromatic rings. The predicted molar refractivity (Wildman–Crippen MR) is 111 cm³/mol. The fourth-order valence-electron chi connectivity index (χ4n) is 2.51. The Bertz CT molecular complexity index is 900. The zero-order valence-electron chi connectivity index (χ0n) is 16.7. The maximum atomic E-state index is 12.2. The number of nitrogens with one attached hydrogen (secondary N) is 1. The van der Waals surface area contributed by atoms with Gasteiger partial charge in [0, 0.05) is 29.5 Å². The normalized spacial score (nSPS) is 14.9. The molecule has 1 aliphatic rings. The summed E-state index contributed by atoms with van der Waals surface area (Å²) in [7, 11) is -1.98. The van der Waals surface area contributed by atoms with Crippen molar-refractivity contribution in [2.75, 3.05) is 30.3 Å². The Kier molecular flexibility index (Phi) is 8.16. The number of hydrogen-bond donors (Lipinski definition) is 1. The Hall–Kier alpha value is -1.52. The molecule has 28 heavy (non-hydrogen) atoms. The number of nitrogens with zero attached hydrogens (tertiary/aromatic N) is 1. The third kappa shape index (κ3) is 10.7. The average Bonchev–Trinajstić information content (AvgIpc) is 2.64. The monoisotopic (exact) mass is 454 g/mol. The quantitative estimate of drug-likeness (QED) is 0.687. The van der Waals surface area contributed by atoms with E-state index in [-0.39, 0.29) is 6.09 Å². The van der Waals surface area contributed by atoms with E-state index in [1.165, 1.54) is 0 Å². The maximum absolute atomic E-state index is 12.2. The predicted octanol–water partition coefficient (Wildman–Crippen LogP) is 2.58. The first-order valence-corrected chi connectivity index (χ1v) is 13.1. The first-order valence-electron chi connectivity index (χ1n) is 8.51. The number of fused-ring (bicyclic) bond motifs is 1. The van der Waals surface area contributed by atoms with Gasteiger partial charge in [-0.25, -0.2) is 21.6 Å². The summed E-state index contributed by atoms with van der Waals surface area (Å²) in [6.45, 7) is 6.70. The molecule has 11 heteroatoms. The molecule has 0 atom stereocenters. The van der Waals surface area contributed by atoms with Crippen LogP contribution in [0.4, 0.5) is 10.5 Å². The minimum absolute atomic E-state index is 0.306. The first-order chi connectivity index (χ1) is 12.5. The van der Waals surface area contributed by atoms with E-state index in [1.54, 1.807) is 11.0 Å². The van der Waals surface area contributed by atoms with Crippen molar-refractivity contribution in [2.45, 2.75) is 39.2 Å². The summed E-state index contributed by atoms with van der Waals surface area (Å²) in [4.78, 5) is 13.9. The molecular formula is C17H27ClN2O6S2. The Morgan fingerprint density at radius 2 is 1.57 bits per heavy atom. The van der Waals surface area contributed by atoms with E-state index in [9.17, 15) is 21.6 Å². The number of sulfonamides is 1. The molecule has 8 nitrogen and oxygen atoms in total. The molecule has 2 rings (SSSR count). The number of carbonyl (C=O) groups is 1. The van der Waals surface area contributed by atoms with E-state index in [2.05, 4.69) is 15.4 Å². The van der Waals surface area contributed by atoms with E-state index in [0.29, 0.717) is 25.2 Å². The molecule has 0 aromatic heterocycles. The molecule has 0 unspecified atom stereocenters. The van der Waals surface area contributed by atoms with Crippen molar-refractivity contribution >= 4 is 41.5 Å². The van der Waals surface area contributed by atoms with Gasteiger partial charge in [0.25, 0.3) is 0 Å². The zero-order chi connectivity index (χ0) is 21.8. The lowest BCUT2D eigenvalue weighted by atomic mass is 10.0. The summed E-state index contributed by atoms with van der Waals surface area (Å²) < 4.78 is 49.4. The van der Waals surface area contributed by atoms with Gasteiger partial charge in [-0.1, -0.05) is 6.07 Å². The average molecular weight is 455 g/mol. The fourth-order valence-corrected chi connectivity index (χ4v) is 3.07. The van der Waals surface area contributed by atoms with Crippen LogP contribution in [0.5, 0.6) is 0 Å². The molecule has 0 saturated heterocycles. The smallest absolute Gasteiger partial charge is 0.410 e. The molecule has 1 heterocycles. The second kappa shape index (κ2) is 9.32. The van der Waals surface area contributed by atoms with Gasteiger partial charge in [0.15, 0.2) is 0 Å². The fraction of sp³-hybridized carbons (Fsp3) is 0.588. The van der Waals surface area contributed by atoms with Crippen molar-refractivity contribution < 1.29 is 26.4 Å². The Morgan fingerprint density at radius 1 is 1.07 bits per heavy atom. The van der Waals surface area contributed by atoms with Gasteiger partial charge in [-0.3, -0.25) is 4.72 Å². The molecule has 160 valence electrons. The molecule has 0 spiro atoms. The number of hydrogen-bond acceptors (Lipinski definition) is 6. The van der Waals surface area contributed by atoms with Gasteiger partial charge in [0.05, 0.1) is 12.5 Å². The zero-order valence-corrected chi connectivity index (χ0v) is 19.0. The van der Waals surface area contributed by atoms with Crippen molar-refractivity contribution in [1.82, 2.24) is 4.90 Å². The standard InChI is InChI=1S/C16H24N2O4S.CH3ClO2S/c1-16(2,3)22-15(19)18-9-7-12-5-6-14(17-23(4,20)21)11-13(12)8-10-18;1-5(2,3)4/h5-6,11,17H,7-10H2,1-4H3;1H3. The van der Waals surface area contributed by atoms with E-state index in [1.807, 2.05) is 32.9 Å². The summed E-state index contributed by atoms with van der Waals surface area (Å²) in [5, 5.41) is 0. The minimum atomic E-state index is -3.29. The number of benzene rings is 1. The van der Waals surface area contributed by atoms with Crippen LogP contribution in [0, 0.1) is 0 Å². The first kappa shape index (κ1) is 24.5. The lowest BCUT2D eigenvalue weighted by Gasteiger charge is -2.26. The van der Waals surface area contributed by atoms with Gasteiger partial charge in [0.2, 0.25) is 19.1 Å². The Balaban J connectivity index is 0.000000696. The van der Waals surface area contributed by atoms with Crippen LogP contribution >= 0.6 is 10.7 Å². The lowest BCUT2D eigenvalue weighted by Crippen LogP contribution is -2.38. The highest BCUT2D eigenvalue weighted by Gasteiger charge is 2.24. The number of rotatable bonds is 2. The Labute approximate surface area is 171 Å². The van der Waals surface area contributed by atoms with Crippen molar-refractivity contribution in [1.29, 1.82) is 0 Å². The Morgan fingerprint density at radius 3 is 2.04 bits per heavy atom. The molecule has 1 aliphatic heterocycles. The highest BCUT2D eigenvalue weighted by Crippen LogP contribution is 2.22. The molecule has 0 aliphatic carbocycles. The van der Waals surface area contributed by atoms with Gasteiger partial charge in [0.1, 0.15) is 5.60 Å². The summed E-state index contributed by atoms with van der Waals surface area (Å²) in [5.74, 6) is 0. The molecule has 0 saturated carbocycles. The molecule has 1 amide bonds. The van der Waals surface area contributed by atoms with E-state index >= 15 is 0 Å². The van der Waals surface area contributed by atoms with Gasteiger partial charge in [-0.15, -0.1) is 0 Å². The van der Waals surface area contributed by atoms with Crippen molar-refractivity contribution in [2.24, 2.45) is 0 Å².